The molecule has 2 aromatic rings. The van der Waals surface area contributed by atoms with E-state index in [0.717, 1.165) is 16.8 Å². The molecule has 1 heterocycles. The maximum Gasteiger partial charge on any atom is 0.293 e. The largest absolute Gasteiger partial charge is 0.434 e. The number of hydrogen-bond acceptors (Lipinski definition) is 4. The normalized spacial score (nSPS) is 10.5. The average molecular weight is 259 g/mol. The molecule has 0 saturated carbocycles. The number of anilines is 1. The number of aromatic nitrogens is 1. The lowest BCUT2D eigenvalue weighted by atomic mass is 10.1. The van der Waals surface area contributed by atoms with Gasteiger partial charge in [-0.3, -0.25) is 4.79 Å². The van der Waals surface area contributed by atoms with Gasteiger partial charge in [-0.05, 0) is 32.5 Å². The Morgan fingerprint density at radius 1 is 1.37 bits per heavy atom. The molecule has 0 unspecified atom stereocenters. The van der Waals surface area contributed by atoms with Crippen molar-refractivity contribution in [3.63, 3.8) is 0 Å². The minimum Gasteiger partial charge on any atom is -0.434 e. The number of nitrogens with zero attached hydrogens (tertiary/aromatic N) is 1. The molecule has 0 bridgehead atoms. The van der Waals surface area contributed by atoms with E-state index in [-0.39, 0.29) is 11.7 Å². The zero-order valence-electron chi connectivity index (χ0n) is 11.3. The second kappa shape index (κ2) is 5.67. The Morgan fingerprint density at radius 2 is 2.16 bits per heavy atom. The van der Waals surface area contributed by atoms with Gasteiger partial charge in [-0.1, -0.05) is 17.7 Å². The summed E-state index contributed by atoms with van der Waals surface area (Å²) in [6.45, 7) is 4.46. The van der Waals surface area contributed by atoms with Gasteiger partial charge in [-0.15, -0.1) is 0 Å². The van der Waals surface area contributed by atoms with Gasteiger partial charge in [0.2, 0.25) is 11.7 Å². The Labute approximate surface area is 112 Å². The van der Waals surface area contributed by atoms with E-state index in [2.05, 4.69) is 15.6 Å². The number of nitrogens with one attached hydrogen (secondary N) is 2. The van der Waals surface area contributed by atoms with Crippen molar-refractivity contribution in [2.75, 3.05) is 12.4 Å². The molecule has 1 aromatic heterocycles. The van der Waals surface area contributed by atoms with E-state index in [1.54, 1.807) is 7.05 Å². The lowest BCUT2D eigenvalue weighted by Crippen LogP contribution is -2.12. The van der Waals surface area contributed by atoms with Gasteiger partial charge in [0.1, 0.15) is 0 Å². The summed E-state index contributed by atoms with van der Waals surface area (Å²) in [5, 5.41) is 5.73. The van der Waals surface area contributed by atoms with Crippen molar-refractivity contribution in [3.05, 3.63) is 47.2 Å². The Bertz CT molecular complexity index is 590. The summed E-state index contributed by atoms with van der Waals surface area (Å²) >= 11 is 0. The Balaban J connectivity index is 2.11. The van der Waals surface area contributed by atoms with E-state index < -0.39 is 0 Å². The van der Waals surface area contributed by atoms with Crippen molar-refractivity contribution in [2.24, 2.45) is 0 Å². The third-order valence-electron chi connectivity index (χ3n) is 2.74. The van der Waals surface area contributed by atoms with E-state index >= 15 is 0 Å². The number of aryl methyl sites for hydroxylation is 2. The quantitative estimate of drug-likeness (QED) is 0.883. The van der Waals surface area contributed by atoms with E-state index in [1.807, 2.05) is 32.0 Å². The van der Waals surface area contributed by atoms with Gasteiger partial charge in [-0.2, -0.15) is 0 Å². The van der Waals surface area contributed by atoms with Crippen LogP contribution in [0.3, 0.4) is 0 Å². The van der Waals surface area contributed by atoms with Crippen LogP contribution in [0.1, 0.15) is 27.6 Å². The average Bonchev–Trinajstić information content (AvgIpc) is 2.82. The van der Waals surface area contributed by atoms with Gasteiger partial charge in [0.05, 0.1) is 12.7 Å². The summed E-state index contributed by atoms with van der Waals surface area (Å²) in [7, 11) is 1.79. The lowest BCUT2D eigenvalue weighted by Gasteiger charge is -2.07. The fourth-order valence-corrected chi connectivity index (χ4v) is 1.79. The second-order valence-corrected chi connectivity index (χ2v) is 4.42. The van der Waals surface area contributed by atoms with Crippen LogP contribution in [0.2, 0.25) is 0 Å². The van der Waals surface area contributed by atoms with E-state index in [1.165, 1.54) is 6.20 Å². The highest BCUT2D eigenvalue weighted by molar-refractivity contribution is 6.02. The molecule has 2 rings (SSSR count). The predicted octanol–water partition coefficient (Wildman–Crippen LogP) is 2.26. The smallest absolute Gasteiger partial charge is 0.293 e. The first kappa shape index (κ1) is 13.3. The number of amides is 1. The third kappa shape index (κ3) is 3.20. The zero-order valence-corrected chi connectivity index (χ0v) is 11.3. The van der Waals surface area contributed by atoms with Gasteiger partial charge in [0, 0.05) is 5.69 Å². The second-order valence-electron chi connectivity index (χ2n) is 4.42. The van der Waals surface area contributed by atoms with Gasteiger partial charge >= 0.3 is 0 Å². The zero-order chi connectivity index (χ0) is 13.8. The number of hydrogen-bond donors (Lipinski definition) is 2. The van der Waals surface area contributed by atoms with Crippen molar-refractivity contribution < 1.29 is 9.21 Å². The molecule has 0 saturated heterocycles. The number of rotatable bonds is 4. The summed E-state index contributed by atoms with van der Waals surface area (Å²) < 4.78 is 5.34. The van der Waals surface area contributed by atoms with E-state index in [0.29, 0.717) is 12.4 Å². The molecule has 0 aliphatic rings. The number of carbonyl (C=O) groups is 1. The third-order valence-corrected chi connectivity index (χ3v) is 2.74. The highest BCUT2D eigenvalue weighted by Crippen LogP contribution is 2.17. The van der Waals surface area contributed by atoms with Crippen molar-refractivity contribution in [2.45, 2.75) is 20.4 Å². The Hall–Kier alpha value is -2.14. The fourth-order valence-electron chi connectivity index (χ4n) is 1.79. The molecule has 19 heavy (non-hydrogen) atoms. The summed E-state index contributed by atoms with van der Waals surface area (Å²) in [6, 6.07) is 5.85. The standard InChI is InChI=1S/C14H17N3O2/c1-9-4-5-11(10(2)6-9)17-14(18)12-7-16-13(19-12)8-15-3/h4-7,15H,8H2,1-3H3,(H,17,18). The molecule has 0 fully saturated rings. The number of oxazole rings is 1. The Morgan fingerprint density at radius 3 is 2.84 bits per heavy atom. The Kier molecular flexibility index (Phi) is 3.97. The van der Waals surface area contributed by atoms with Crippen LogP contribution in [0, 0.1) is 13.8 Å². The molecular weight excluding hydrogens is 242 g/mol. The lowest BCUT2D eigenvalue weighted by molar-refractivity contribution is 0.0994. The molecule has 0 aliphatic carbocycles. The first-order valence-corrected chi connectivity index (χ1v) is 6.08. The molecule has 2 N–H and O–H groups in total. The van der Waals surface area contributed by atoms with Crippen molar-refractivity contribution >= 4 is 11.6 Å². The van der Waals surface area contributed by atoms with E-state index in [4.69, 9.17) is 4.42 Å². The first-order chi connectivity index (χ1) is 9.10. The predicted molar refractivity (Wildman–Crippen MR) is 73.1 cm³/mol. The highest BCUT2D eigenvalue weighted by Gasteiger charge is 2.13. The fraction of sp³-hybridized carbons (Fsp3) is 0.286. The highest BCUT2D eigenvalue weighted by atomic mass is 16.4. The summed E-state index contributed by atoms with van der Waals surface area (Å²) in [6.07, 6.45) is 1.44. The van der Waals surface area contributed by atoms with Crippen LogP contribution in [-0.4, -0.2) is 17.9 Å². The molecule has 5 heteroatoms. The van der Waals surface area contributed by atoms with Gasteiger partial charge in [0.15, 0.2) is 0 Å². The molecule has 1 amide bonds. The summed E-state index contributed by atoms with van der Waals surface area (Å²) in [4.78, 5) is 16.0. The molecule has 5 nitrogen and oxygen atoms in total. The summed E-state index contributed by atoms with van der Waals surface area (Å²) in [5.74, 6) is 0.417. The van der Waals surface area contributed by atoms with Gasteiger partial charge < -0.3 is 15.1 Å². The van der Waals surface area contributed by atoms with Crippen LogP contribution in [-0.2, 0) is 6.54 Å². The van der Waals surface area contributed by atoms with Gasteiger partial charge in [-0.25, -0.2) is 4.98 Å². The van der Waals surface area contributed by atoms with Crippen molar-refractivity contribution in [1.29, 1.82) is 0 Å². The molecule has 1 aromatic carbocycles. The first-order valence-electron chi connectivity index (χ1n) is 6.08. The van der Waals surface area contributed by atoms with Gasteiger partial charge in [0.25, 0.3) is 5.91 Å². The van der Waals surface area contributed by atoms with Crippen LogP contribution in [0.25, 0.3) is 0 Å². The molecule has 100 valence electrons. The molecule has 0 atom stereocenters. The van der Waals surface area contributed by atoms with Crippen LogP contribution in [0.5, 0.6) is 0 Å². The molecular formula is C14H17N3O2. The minimum atomic E-state index is -0.290. The SMILES string of the molecule is CNCc1ncc(C(=O)Nc2ccc(C)cc2C)o1. The monoisotopic (exact) mass is 259 g/mol. The van der Waals surface area contributed by atoms with Crippen LogP contribution in [0.4, 0.5) is 5.69 Å². The summed E-state index contributed by atoms with van der Waals surface area (Å²) in [5.41, 5.74) is 2.96. The number of benzene rings is 1. The maximum absolute atomic E-state index is 12.0. The van der Waals surface area contributed by atoms with Crippen molar-refractivity contribution in [1.82, 2.24) is 10.3 Å². The minimum absolute atomic E-state index is 0.213. The topological polar surface area (TPSA) is 67.2 Å². The molecule has 0 aliphatic heterocycles. The van der Waals surface area contributed by atoms with Crippen molar-refractivity contribution in [3.8, 4) is 0 Å². The van der Waals surface area contributed by atoms with Crippen LogP contribution < -0.4 is 10.6 Å². The molecule has 0 radical (unpaired) electrons. The van der Waals surface area contributed by atoms with E-state index in [9.17, 15) is 4.79 Å². The van der Waals surface area contributed by atoms with Crippen LogP contribution >= 0.6 is 0 Å². The van der Waals surface area contributed by atoms with Crippen LogP contribution in [0.15, 0.2) is 28.8 Å². The number of carbonyl (C=O) groups excluding carboxylic acids is 1. The maximum atomic E-state index is 12.0. The molecule has 0 spiro atoms.